The number of carbonyl (C=O) groups excluding carboxylic acids is 2. The lowest BCUT2D eigenvalue weighted by molar-refractivity contribution is 0.0385. The van der Waals surface area contributed by atoms with Crippen LogP contribution in [-0.4, -0.2) is 23.7 Å². The second kappa shape index (κ2) is 5.53. The number of Topliss-reactive ketones (excluding diaryl/α,β-unsaturated/α-hetero) is 1. The van der Waals surface area contributed by atoms with Crippen LogP contribution in [0, 0.1) is 0 Å². The van der Waals surface area contributed by atoms with Crippen LogP contribution in [0.15, 0.2) is 24.3 Å². The minimum Gasteiger partial charge on any atom is -0.470 e. The first kappa shape index (κ1) is 14.4. The molecule has 0 saturated carbocycles. The second-order valence-electron chi connectivity index (χ2n) is 5.71. The van der Waals surface area contributed by atoms with Gasteiger partial charge in [-0.1, -0.05) is 12.1 Å². The van der Waals surface area contributed by atoms with Gasteiger partial charge in [0.2, 0.25) is 0 Å². The molecule has 1 aliphatic heterocycles. The van der Waals surface area contributed by atoms with E-state index in [4.69, 9.17) is 9.47 Å². The average molecular weight is 277 g/mol. The number of hydrogen-bond donors (Lipinski definition) is 1. The Morgan fingerprint density at radius 3 is 2.75 bits per heavy atom. The van der Waals surface area contributed by atoms with Crippen molar-refractivity contribution in [1.29, 1.82) is 0 Å². The van der Waals surface area contributed by atoms with E-state index in [1.54, 1.807) is 45.0 Å². The monoisotopic (exact) mass is 277 g/mol. The van der Waals surface area contributed by atoms with Crippen molar-refractivity contribution >= 4 is 11.9 Å². The van der Waals surface area contributed by atoms with Crippen molar-refractivity contribution in [3.63, 3.8) is 0 Å². The SMILES string of the molecule is CC(C)(C)OC(=O)NC1CCC(=O)c2ccccc2O1. The van der Waals surface area contributed by atoms with Crippen LogP contribution in [0.3, 0.4) is 0 Å². The van der Waals surface area contributed by atoms with Gasteiger partial charge in [0, 0.05) is 12.8 Å². The maximum Gasteiger partial charge on any atom is 0.410 e. The van der Waals surface area contributed by atoms with E-state index >= 15 is 0 Å². The number of ether oxygens (including phenoxy) is 2. The Bertz CT molecular complexity index is 519. The Morgan fingerprint density at radius 1 is 1.35 bits per heavy atom. The summed E-state index contributed by atoms with van der Waals surface area (Å²) in [5.41, 5.74) is -0.0105. The van der Waals surface area contributed by atoms with Gasteiger partial charge < -0.3 is 9.47 Å². The molecular formula is C15H19NO4. The van der Waals surface area contributed by atoms with Crippen LogP contribution < -0.4 is 10.1 Å². The predicted molar refractivity (Wildman–Crippen MR) is 73.8 cm³/mol. The number of hydrogen-bond acceptors (Lipinski definition) is 4. The molecule has 0 fully saturated rings. The van der Waals surface area contributed by atoms with E-state index in [2.05, 4.69) is 5.32 Å². The van der Waals surface area contributed by atoms with Crippen molar-refractivity contribution in [3.05, 3.63) is 29.8 Å². The number of ketones is 1. The largest absolute Gasteiger partial charge is 0.470 e. The summed E-state index contributed by atoms with van der Waals surface area (Å²) in [5, 5.41) is 2.64. The molecular weight excluding hydrogens is 258 g/mol. The highest BCUT2D eigenvalue weighted by Gasteiger charge is 2.25. The molecule has 1 aliphatic rings. The number of para-hydroxylation sites is 1. The van der Waals surface area contributed by atoms with E-state index in [-0.39, 0.29) is 5.78 Å². The number of alkyl carbamates (subject to hydrolysis) is 1. The summed E-state index contributed by atoms with van der Waals surface area (Å²) in [7, 11) is 0. The Balaban J connectivity index is 2.05. The predicted octanol–water partition coefficient (Wildman–Crippen LogP) is 2.89. The summed E-state index contributed by atoms with van der Waals surface area (Å²) >= 11 is 0. The average Bonchev–Trinajstić information content (AvgIpc) is 2.47. The summed E-state index contributed by atoms with van der Waals surface area (Å²) in [6, 6.07) is 7.04. The van der Waals surface area contributed by atoms with Gasteiger partial charge in [-0.05, 0) is 32.9 Å². The number of amides is 1. The minimum atomic E-state index is -0.567. The maximum absolute atomic E-state index is 11.9. The van der Waals surface area contributed by atoms with E-state index in [1.807, 2.05) is 0 Å². The first-order valence-corrected chi connectivity index (χ1v) is 6.63. The molecule has 0 saturated heterocycles. The number of rotatable bonds is 1. The van der Waals surface area contributed by atoms with Gasteiger partial charge in [-0.25, -0.2) is 4.79 Å². The highest BCUT2D eigenvalue weighted by atomic mass is 16.6. The summed E-state index contributed by atoms with van der Waals surface area (Å²) in [6.07, 6.45) is -0.351. The van der Waals surface area contributed by atoms with Gasteiger partial charge in [0.15, 0.2) is 12.0 Å². The van der Waals surface area contributed by atoms with Gasteiger partial charge in [0.25, 0.3) is 0 Å². The lowest BCUT2D eigenvalue weighted by Crippen LogP contribution is -2.41. The Hall–Kier alpha value is -2.04. The third kappa shape index (κ3) is 3.73. The molecule has 20 heavy (non-hydrogen) atoms. The van der Waals surface area contributed by atoms with Crippen LogP contribution in [0.2, 0.25) is 0 Å². The number of carbonyl (C=O) groups is 2. The third-order valence-electron chi connectivity index (χ3n) is 2.77. The number of fused-ring (bicyclic) bond motifs is 1. The van der Waals surface area contributed by atoms with E-state index in [0.29, 0.717) is 24.2 Å². The van der Waals surface area contributed by atoms with Gasteiger partial charge >= 0.3 is 6.09 Å². The first-order chi connectivity index (χ1) is 9.35. The molecule has 0 aliphatic carbocycles. The van der Waals surface area contributed by atoms with Crippen LogP contribution in [0.25, 0.3) is 0 Å². The number of nitrogens with one attached hydrogen (secondary N) is 1. The lowest BCUT2D eigenvalue weighted by atomic mass is 10.1. The minimum absolute atomic E-state index is 0.0223. The van der Waals surface area contributed by atoms with Crippen molar-refractivity contribution in [1.82, 2.24) is 5.32 Å². The summed E-state index contributed by atoms with van der Waals surface area (Å²) in [5.74, 6) is 0.519. The van der Waals surface area contributed by atoms with E-state index in [1.165, 1.54) is 0 Å². The second-order valence-corrected chi connectivity index (χ2v) is 5.71. The molecule has 1 unspecified atom stereocenters. The van der Waals surface area contributed by atoms with Crippen LogP contribution in [0.1, 0.15) is 44.0 Å². The van der Waals surface area contributed by atoms with Crippen molar-refractivity contribution in [2.24, 2.45) is 0 Å². The highest BCUT2D eigenvalue weighted by Crippen LogP contribution is 2.25. The van der Waals surface area contributed by atoms with E-state index in [9.17, 15) is 9.59 Å². The van der Waals surface area contributed by atoms with Crippen LogP contribution in [0.4, 0.5) is 4.79 Å². The van der Waals surface area contributed by atoms with Crippen molar-refractivity contribution in [3.8, 4) is 5.75 Å². The Labute approximate surface area is 118 Å². The van der Waals surface area contributed by atoms with Gasteiger partial charge in [0.05, 0.1) is 5.56 Å². The molecule has 1 amide bonds. The smallest absolute Gasteiger partial charge is 0.410 e. The van der Waals surface area contributed by atoms with Crippen LogP contribution in [-0.2, 0) is 4.74 Å². The fraction of sp³-hybridized carbons (Fsp3) is 0.467. The summed E-state index contributed by atoms with van der Waals surface area (Å²) in [4.78, 5) is 23.7. The molecule has 0 spiro atoms. The molecule has 108 valence electrons. The molecule has 2 rings (SSSR count). The van der Waals surface area contributed by atoms with Crippen LogP contribution in [0.5, 0.6) is 5.75 Å². The van der Waals surface area contributed by atoms with Gasteiger partial charge in [0.1, 0.15) is 11.4 Å². The highest BCUT2D eigenvalue weighted by molar-refractivity contribution is 5.99. The third-order valence-corrected chi connectivity index (χ3v) is 2.77. The quantitative estimate of drug-likeness (QED) is 0.857. The van der Waals surface area contributed by atoms with Gasteiger partial charge in [-0.2, -0.15) is 0 Å². The van der Waals surface area contributed by atoms with E-state index in [0.717, 1.165) is 0 Å². The van der Waals surface area contributed by atoms with Crippen molar-refractivity contribution in [2.45, 2.75) is 45.4 Å². The van der Waals surface area contributed by atoms with E-state index < -0.39 is 17.9 Å². The standard InChI is InChI=1S/C15H19NO4/c1-15(2,3)20-14(18)16-13-9-8-11(17)10-6-4-5-7-12(10)19-13/h4-7,13H,8-9H2,1-3H3,(H,16,18). The zero-order valence-corrected chi connectivity index (χ0v) is 11.9. The fourth-order valence-electron chi connectivity index (χ4n) is 1.95. The molecule has 0 aromatic heterocycles. The van der Waals surface area contributed by atoms with Gasteiger partial charge in [-0.3, -0.25) is 10.1 Å². The molecule has 0 radical (unpaired) electrons. The molecule has 1 atom stereocenters. The molecule has 1 aromatic rings. The molecule has 1 aromatic carbocycles. The topological polar surface area (TPSA) is 64.6 Å². The molecule has 5 heteroatoms. The first-order valence-electron chi connectivity index (χ1n) is 6.63. The lowest BCUT2D eigenvalue weighted by Gasteiger charge is -2.23. The van der Waals surface area contributed by atoms with Crippen LogP contribution >= 0.6 is 0 Å². The Kier molecular flexibility index (Phi) is 3.97. The zero-order valence-electron chi connectivity index (χ0n) is 11.9. The maximum atomic E-state index is 11.9. The van der Waals surface area contributed by atoms with Crippen molar-refractivity contribution < 1.29 is 19.1 Å². The normalized spacial score (nSPS) is 18.6. The Morgan fingerprint density at radius 2 is 2.05 bits per heavy atom. The molecule has 1 heterocycles. The van der Waals surface area contributed by atoms with Crippen molar-refractivity contribution in [2.75, 3.05) is 0 Å². The summed E-state index contributed by atoms with van der Waals surface area (Å²) in [6.45, 7) is 5.37. The molecule has 1 N–H and O–H groups in total. The summed E-state index contributed by atoms with van der Waals surface area (Å²) < 4.78 is 10.9. The fourth-order valence-corrected chi connectivity index (χ4v) is 1.95. The zero-order chi connectivity index (χ0) is 14.8. The molecule has 5 nitrogen and oxygen atoms in total. The van der Waals surface area contributed by atoms with Gasteiger partial charge in [-0.15, -0.1) is 0 Å². The number of benzene rings is 1. The molecule has 0 bridgehead atoms.